The van der Waals surface area contributed by atoms with Crippen molar-refractivity contribution in [3.63, 3.8) is 0 Å². The normalized spacial score (nSPS) is 24.1. The Kier molecular flexibility index (Phi) is 2.92. The highest BCUT2D eigenvalue weighted by molar-refractivity contribution is 6.30. The molecule has 1 fully saturated rings. The molecule has 0 spiro atoms. The maximum absolute atomic E-state index is 5.96. The van der Waals surface area contributed by atoms with Gasteiger partial charge in [-0.05, 0) is 36.5 Å². The molecule has 1 N–H and O–H groups in total. The van der Waals surface area contributed by atoms with E-state index in [0.29, 0.717) is 11.5 Å². The van der Waals surface area contributed by atoms with Crippen molar-refractivity contribution in [2.75, 3.05) is 5.32 Å². The summed E-state index contributed by atoms with van der Waals surface area (Å²) in [4.78, 5) is 0. The Labute approximate surface area is 96.8 Å². The first-order valence-corrected chi connectivity index (χ1v) is 5.98. The summed E-state index contributed by atoms with van der Waals surface area (Å²) in [6.45, 7) is 4.67. The molecule has 0 bridgehead atoms. The second-order valence-corrected chi connectivity index (χ2v) is 5.52. The largest absolute Gasteiger partial charge is 0.382 e. The van der Waals surface area contributed by atoms with Crippen molar-refractivity contribution in [3.8, 4) is 0 Å². The van der Waals surface area contributed by atoms with Gasteiger partial charge >= 0.3 is 0 Å². The first-order chi connectivity index (χ1) is 7.08. The van der Waals surface area contributed by atoms with Gasteiger partial charge < -0.3 is 5.32 Å². The number of halogens is 1. The number of hydrogen-bond donors (Lipinski definition) is 1. The molecule has 1 atom stereocenters. The fraction of sp³-hybridized carbons (Fsp3) is 0.538. The minimum atomic E-state index is 0.405. The maximum Gasteiger partial charge on any atom is 0.0426 e. The molecule has 0 amide bonds. The van der Waals surface area contributed by atoms with Crippen LogP contribution in [0.25, 0.3) is 0 Å². The molecule has 1 aromatic carbocycles. The summed E-state index contributed by atoms with van der Waals surface area (Å²) in [7, 11) is 0. The highest BCUT2D eigenvalue weighted by atomic mass is 35.5. The van der Waals surface area contributed by atoms with Crippen molar-refractivity contribution >= 4 is 17.3 Å². The minimum absolute atomic E-state index is 0.405. The predicted octanol–water partition coefficient (Wildman–Crippen LogP) is 4.33. The highest BCUT2D eigenvalue weighted by Crippen LogP contribution is 2.39. The average Bonchev–Trinajstić information content (AvgIpc) is 2.46. The number of benzene rings is 1. The molecule has 82 valence electrons. The molecule has 0 aliphatic heterocycles. The van der Waals surface area contributed by atoms with E-state index in [4.69, 9.17) is 11.6 Å². The second kappa shape index (κ2) is 4.05. The van der Waals surface area contributed by atoms with Crippen LogP contribution in [0.15, 0.2) is 24.3 Å². The van der Waals surface area contributed by atoms with E-state index in [1.54, 1.807) is 0 Å². The molecule has 1 aromatic rings. The standard InChI is InChI=1S/C13H18ClN/c1-13(2)8-4-7-12(13)15-11-6-3-5-10(14)9-11/h3,5-6,9,12,15H,4,7-8H2,1-2H3. The lowest BCUT2D eigenvalue weighted by molar-refractivity contribution is 0.350. The molecule has 2 rings (SSSR count). The fourth-order valence-electron chi connectivity index (χ4n) is 2.37. The van der Waals surface area contributed by atoms with Crippen LogP contribution in [-0.2, 0) is 0 Å². The Morgan fingerprint density at radius 1 is 1.40 bits per heavy atom. The molecule has 1 aliphatic rings. The lowest BCUT2D eigenvalue weighted by Gasteiger charge is -2.28. The molecular weight excluding hydrogens is 206 g/mol. The van der Waals surface area contributed by atoms with Gasteiger partial charge in [0.05, 0.1) is 0 Å². The third-order valence-corrected chi connectivity index (χ3v) is 3.66. The Hall–Kier alpha value is -0.690. The summed E-state index contributed by atoms with van der Waals surface area (Å²) >= 11 is 5.96. The Morgan fingerprint density at radius 2 is 2.20 bits per heavy atom. The molecular formula is C13H18ClN. The summed E-state index contributed by atoms with van der Waals surface area (Å²) in [6.07, 6.45) is 3.90. The Bertz CT molecular complexity index is 346. The smallest absolute Gasteiger partial charge is 0.0426 e. The first kappa shape index (κ1) is 10.8. The third-order valence-electron chi connectivity index (χ3n) is 3.42. The van der Waals surface area contributed by atoms with Crippen LogP contribution in [0, 0.1) is 5.41 Å². The van der Waals surface area contributed by atoms with Crippen molar-refractivity contribution < 1.29 is 0 Å². The zero-order valence-corrected chi connectivity index (χ0v) is 10.1. The molecule has 1 saturated carbocycles. The van der Waals surface area contributed by atoms with Crippen LogP contribution >= 0.6 is 11.6 Å². The number of anilines is 1. The van der Waals surface area contributed by atoms with E-state index in [1.165, 1.54) is 19.3 Å². The summed E-state index contributed by atoms with van der Waals surface area (Å²) in [5.41, 5.74) is 1.55. The van der Waals surface area contributed by atoms with Gasteiger partial charge in [-0.15, -0.1) is 0 Å². The van der Waals surface area contributed by atoms with Crippen LogP contribution in [0.4, 0.5) is 5.69 Å². The summed E-state index contributed by atoms with van der Waals surface area (Å²) in [5, 5.41) is 4.39. The molecule has 1 nitrogen and oxygen atoms in total. The maximum atomic E-state index is 5.96. The van der Waals surface area contributed by atoms with Crippen LogP contribution in [0.1, 0.15) is 33.1 Å². The van der Waals surface area contributed by atoms with E-state index in [9.17, 15) is 0 Å². The lowest BCUT2D eigenvalue weighted by atomic mass is 9.87. The van der Waals surface area contributed by atoms with Crippen molar-refractivity contribution in [2.24, 2.45) is 5.41 Å². The van der Waals surface area contributed by atoms with Crippen LogP contribution in [0.3, 0.4) is 0 Å². The van der Waals surface area contributed by atoms with Crippen LogP contribution in [-0.4, -0.2) is 6.04 Å². The van der Waals surface area contributed by atoms with Crippen molar-refractivity contribution in [1.29, 1.82) is 0 Å². The zero-order valence-electron chi connectivity index (χ0n) is 9.39. The lowest BCUT2D eigenvalue weighted by Crippen LogP contribution is -2.30. The molecule has 1 aliphatic carbocycles. The molecule has 15 heavy (non-hydrogen) atoms. The SMILES string of the molecule is CC1(C)CCCC1Nc1cccc(Cl)c1. The van der Waals surface area contributed by atoms with Gasteiger partial charge in [0.2, 0.25) is 0 Å². The molecule has 2 heteroatoms. The first-order valence-electron chi connectivity index (χ1n) is 5.60. The van der Waals surface area contributed by atoms with Crippen molar-refractivity contribution in [1.82, 2.24) is 0 Å². The summed E-state index contributed by atoms with van der Waals surface area (Å²) in [5.74, 6) is 0. The van der Waals surface area contributed by atoms with Gasteiger partial charge in [-0.1, -0.05) is 37.9 Å². The van der Waals surface area contributed by atoms with Gasteiger partial charge in [0.15, 0.2) is 0 Å². The van der Waals surface area contributed by atoms with E-state index in [1.807, 2.05) is 18.2 Å². The zero-order chi connectivity index (χ0) is 10.9. The van der Waals surface area contributed by atoms with E-state index in [0.717, 1.165) is 10.7 Å². The molecule has 0 radical (unpaired) electrons. The van der Waals surface area contributed by atoms with Gasteiger partial charge in [0, 0.05) is 16.8 Å². The van der Waals surface area contributed by atoms with Gasteiger partial charge in [-0.3, -0.25) is 0 Å². The second-order valence-electron chi connectivity index (χ2n) is 5.09. The van der Waals surface area contributed by atoms with Crippen LogP contribution < -0.4 is 5.32 Å². The van der Waals surface area contributed by atoms with E-state index in [2.05, 4.69) is 25.2 Å². The minimum Gasteiger partial charge on any atom is -0.382 e. The Balaban J connectivity index is 2.09. The van der Waals surface area contributed by atoms with Gasteiger partial charge in [0.1, 0.15) is 0 Å². The van der Waals surface area contributed by atoms with E-state index in [-0.39, 0.29) is 0 Å². The number of hydrogen-bond acceptors (Lipinski definition) is 1. The third kappa shape index (κ3) is 2.46. The molecule has 0 heterocycles. The van der Waals surface area contributed by atoms with Gasteiger partial charge in [-0.2, -0.15) is 0 Å². The van der Waals surface area contributed by atoms with E-state index < -0.39 is 0 Å². The highest BCUT2D eigenvalue weighted by Gasteiger charge is 2.34. The predicted molar refractivity (Wildman–Crippen MR) is 66.5 cm³/mol. The quantitative estimate of drug-likeness (QED) is 0.787. The number of rotatable bonds is 2. The number of nitrogens with one attached hydrogen (secondary N) is 1. The van der Waals surface area contributed by atoms with E-state index >= 15 is 0 Å². The topological polar surface area (TPSA) is 12.0 Å². The van der Waals surface area contributed by atoms with Gasteiger partial charge in [0.25, 0.3) is 0 Å². The van der Waals surface area contributed by atoms with Crippen molar-refractivity contribution in [2.45, 2.75) is 39.2 Å². The Morgan fingerprint density at radius 3 is 2.80 bits per heavy atom. The van der Waals surface area contributed by atoms with Crippen LogP contribution in [0.2, 0.25) is 5.02 Å². The molecule has 0 aromatic heterocycles. The van der Waals surface area contributed by atoms with Crippen molar-refractivity contribution in [3.05, 3.63) is 29.3 Å². The average molecular weight is 224 g/mol. The summed E-state index contributed by atoms with van der Waals surface area (Å²) in [6, 6.07) is 8.56. The fourth-order valence-corrected chi connectivity index (χ4v) is 2.56. The molecule has 1 unspecified atom stereocenters. The monoisotopic (exact) mass is 223 g/mol. The van der Waals surface area contributed by atoms with Gasteiger partial charge in [-0.25, -0.2) is 0 Å². The molecule has 0 saturated heterocycles. The summed E-state index contributed by atoms with van der Waals surface area (Å²) < 4.78 is 0. The van der Waals surface area contributed by atoms with Crippen LogP contribution in [0.5, 0.6) is 0 Å².